The molecule has 1 aromatic heterocycles. The van der Waals surface area contributed by atoms with E-state index in [1.165, 1.54) is 34.9 Å². The van der Waals surface area contributed by atoms with Gasteiger partial charge in [0, 0.05) is 26.5 Å². The lowest BCUT2D eigenvalue weighted by molar-refractivity contribution is -0.122. The Labute approximate surface area is 243 Å². The summed E-state index contributed by atoms with van der Waals surface area (Å²) in [4.78, 5) is 54.9. The summed E-state index contributed by atoms with van der Waals surface area (Å²) in [7, 11) is 0. The number of carbonyl (C=O) groups is 3. The van der Waals surface area contributed by atoms with Crippen molar-refractivity contribution in [2.45, 2.75) is 22.7 Å². The molecule has 2 N–H and O–H groups in total. The Bertz CT molecular complexity index is 1720. The fourth-order valence-electron chi connectivity index (χ4n) is 5.06. The Hall–Kier alpha value is -3.74. The van der Waals surface area contributed by atoms with Crippen molar-refractivity contribution in [2.24, 2.45) is 5.92 Å². The van der Waals surface area contributed by atoms with Crippen molar-refractivity contribution in [3.63, 3.8) is 0 Å². The third kappa shape index (κ3) is 4.55. The highest BCUT2D eigenvalue weighted by Crippen LogP contribution is 2.55. The van der Waals surface area contributed by atoms with E-state index in [1.807, 2.05) is 0 Å². The van der Waals surface area contributed by atoms with E-state index >= 15 is 0 Å². The molecule has 0 bridgehead atoms. The van der Waals surface area contributed by atoms with E-state index in [9.17, 15) is 28.7 Å². The number of thioether (sulfide) groups is 1. The molecule has 0 saturated carbocycles. The van der Waals surface area contributed by atoms with Crippen LogP contribution in [0.15, 0.2) is 87.1 Å². The molecule has 1 fully saturated rings. The van der Waals surface area contributed by atoms with Crippen molar-refractivity contribution in [1.29, 1.82) is 0 Å². The number of anilines is 2. The van der Waals surface area contributed by atoms with Crippen LogP contribution in [0.4, 0.5) is 15.8 Å². The number of carbonyl (C=O) groups excluding carboxylic acids is 3. The van der Waals surface area contributed by atoms with Crippen LogP contribution in [0.25, 0.3) is 0 Å². The van der Waals surface area contributed by atoms with E-state index in [0.29, 0.717) is 26.8 Å². The van der Waals surface area contributed by atoms with Gasteiger partial charge in [-0.2, -0.15) is 0 Å². The number of hydrogen-bond acceptors (Lipinski definition) is 7. The molecule has 3 aromatic carbocycles. The van der Waals surface area contributed by atoms with Gasteiger partial charge in [0.25, 0.3) is 0 Å². The predicted octanol–water partition coefficient (Wildman–Crippen LogP) is 4.95. The van der Waals surface area contributed by atoms with Crippen LogP contribution in [0, 0.1) is 11.7 Å². The van der Waals surface area contributed by atoms with E-state index in [2.05, 4.69) is 21.2 Å². The summed E-state index contributed by atoms with van der Waals surface area (Å²) in [5.41, 5.74) is 1.20. The number of hydrogen-bond donors (Lipinski definition) is 2. The number of nitrogens with one attached hydrogen (secondary N) is 1. The smallest absolute Gasteiger partial charge is 0.308 e. The molecular weight excluding hydrogens is 621 g/mol. The number of amides is 3. The summed E-state index contributed by atoms with van der Waals surface area (Å²) < 4.78 is 15.3. The van der Waals surface area contributed by atoms with E-state index in [-0.39, 0.29) is 12.3 Å². The number of thiazole rings is 1. The van der Waals surface area contributed by atoms with Crippen LogP contribution in [0.1, 0.15) is 16.4 Å². The maximum Gasteiger partial charge on any atom is 0.308 e. The van der Waals surface area contributed by atoms with Gasteiger partial charge in [-0.1, -0.05) is 57.2 Å². The van der Waals surface area contributed by atoms with E-state index in [1.54, 1.807) is 42.5 Å². The molecule has 1 saturated heterocycles. The first kappa shape index (κ1) is 26.5. The van der Waals surface area contributed by atoms with Crippen molar-refractivity contribution in [3.05, 3.63) is 103 Å². The first-order chi connectivity index (χ1) is 19.2. The van der Waals surface area contributed by atoms with Gasteiger partial charge in [0.05, 0.1) is 16.6 Å². The molecule has 8 nitrogen and oxygen atoms in total. The summed E-state index contributed by atoms with van der Waals surface area (Å²) in [5, 5.41) is 13.0. The minimum absolute atomic E-state index is 0.0621. The zero-order valence-corrected chi connectivity index (χ0v) is 23.6. The molecule has 4 aromatic rings. The van der Waals surface area contributed by atoms with Crippen molar-refractivity contribution in [1.82, 2.24) is 4.57 Å². The third-order valence-corrected chi connectivity index (χ3v) is 9.97. The molecule has 202 valence electrons. The summed E-state index contributed by atoms with van der Waals surface area (Å²) >= 11 is 5.34. The fraction of sp³-hybridized carbons (Fsp3) is 0.143. The molecule has 40 heavy (non-hydrogen) atoms. The number of phenolic OH excluding ortho intramolecular Hbond substituents is 1. The van der Waals surface area contributed by atoms with Gasteiger partial charge in [-0.15, -0.1) is 0 Å². The number of para-hydroxylation sites is 1. The second-order valence-corrected chi connectivity index (χ2v) is 12.3. The molecule has 3 heterocycles. The molecule has 12 heteroatoms. The van der Waals surface area contributed by atoms with Crippen LogP contribution in [-0.2, 0) is 20.9 Å². The molecule has 6 rings (SSSR count). The molecule has 2 aliphatic heterocycles. The largest absolute Gasteiger partial charge is 0.508 e. The quantitative estimate of drug-likeness (QED) is 0.299. The summed E-state index contributed by atoms with van der Waals surface area (Å²) in [6.45, 7) is -0.349. The van der Waals surface area contributed by atoms with Gasteiger partial charge in [0.2, 0.25) is 17.7 Å². The van der Waals surface area contributed by atoms with Crippen molar-refractivity contribution in [2.75, 3.05) is 10.2 Å². The van der Waals surface area contributed by atoms with Crippen molar-refractivity contribution >= 4 is 68.1 Å². The van der Waals surface area contributed by atoms with Crippen LogP contribution in [0.3, 0.4) is 0 Å². The Morgan fingerprint density at radius 1 is 0.975 bits per heavy atom. The minimum Gasteiger partial charge on any atom is -0.508 e. The summed E-state index contributed by atoms with van der Waals surface area (Å²) in [5.74, 6) is -3.54. The van der Waals surface area contributed by atoms with Crippen LogP contribution >= 0.6 is 39.0 Å². The Kier molecular flexibility index (Phi) is 6.85. The molecule has 3 atom stereocenters. The van der Waals surface area contributed by atoms with E-state index in [4.69, 9.17) is 0 Å². The highest BCUT2D eigenvalue weighted by Gasteiger charge is 2.57. The van der Waals surface area contributed by atoms with Gasteiger partial charge in [0.15, 0.2) is 0 Å². The molecule has 2 aliphatic rings. The van der Waals surface area contributed by atoms with Crippen LogP contribution in [0.5, 0.6) is 5.75 Å². The van der Waals surface area contributed by atoms with Crippen LogP contribution < -0.4 is 15.1 Å². The topological polar surface area (TPSA) is 109 Å². The number of aromatic nitrogens is 1. The highest BCUT2D eigenvalue weighted by molar-refractivity contribution is 9.10. The van der Waals surface area contributed by atoms with Crippen molar-refractivity contribution in [3.8, 4) is 5.75 Å². The second-order valence-electron chi connectivity index (χ2n) is 9.27. The average molecular weight is 641 g/mol. The SMILES string of the molecule is O=C(Cn1c2c(sc1=O)C(c1ccccc1O)C1C(=O)N(c3ccc(Br)cc3)C(=O)C1S2)Nc1ccc(F)cc1. The number of nitrogens with zero attached hydrogens (tertiary/aromatic N) is 2. The van der Waals surface area contributed by atoms with Crippen molar-refractivity contribution < 1.29 is 23.9 Å². The Morgan fingerprint density at radius 2 is 1.68 bits per heavy atom. The Balaban J connectivity index is 1.41. The van der Waals surface area contributed by atoms with Gasteiger partial charge in [-0.25, -0.2) is 9.29 Å². The third-order valence-electron chi connectivity index (χ3n) is 6.84. The van der Waals surface area contributed by atoms with Crippen LogP contribution in [0.2, 0.25) is 0 Å². The number of halogens is 2. The van der Waals surface area contributed by atoms with Gasteiger partial charge in [-0.3, -0.25) is 23.7 Å². The Morgan fingerprint density at radius 3 is 2.38 bits per heavy atom. The lowest BCUT2D eigenvalue weighted by Gasteiger charge is -2.31. The van der Waals surface area contributed by atoms with E-state index < -0.39 is 45.5 Å². The summed E-state index contributed by atoms with van der Waals surface area (Å²) in [6, 6.07) is 18.6. The van der Waals surface area contributed by atoms with Crippen LogP contribution in [-0.4, -0.2) is 32.6 Å². The second kappa shape index (κ2) is 10.3. The predicted molar refractivity (Wildman–Crippen MR) is 153 cm³/mol. The first-order valence-electron chi connectivity index (χ1n) is 12.1. The number of imide groups is 1. The maximum atomic E-state index is 13.9. The monoisotopic (exact) mass is 639 g/mol. The molecule has 3 unspecified atom stereocenters. The minimum atomic E-state index is -0.881. The molecular formula is C28H19BrFN3O5S2. The fourth-order valence-corrected chi connectivity index (χ4v) is 8.09. The normalized spacial score (nSPS) is 19.9. The highest BCUT2D eigenvalue weighted by atomic mass is 79.9. The number of benzene rings is 3. The lowest BCUT2D eigenvalue weighted by Crippen LogP contribution is -2.33. The molecule has 3 amide bonds. The van der Waals surface area contributed by atoms with E-state index in [0.717, 1.165) is 32.5 Å². The standard InChI is InChI=1S/C28H19BrFN3O5S2/c29-14-5-11-17(12-6-14)33-25(36)22-21(18-3-1-2-4-19(18)34)24-27(39-23(22)26(33)37)32(28(38)40-24)13-20(35)31-16-9-7-15(30)8-10-16/h1-12,21-23,34H,13H2,(H,31,35). The average Bonchev–Trinajstić information content (AvgIpc) is 3.37. The molecule has 0 spiro atoms. The maximum absolute atomic E-state index is 13.9. The number of aromatic hydroxyl groups is 1. The molecule has 0 aliphatic carbocycles. The number of rotatable bonds is 5. The van der Waals surface area contributed by atoms with Gasteiger partial charge in [0.1, 0.15) is 23.4 Å². The molecule has 0 radical (unpaired) electrons. The van der Waals surface area contributed by atoms with Gasteiger partial charge >= 0.3 is 4.87 Å². The number of fused-ring (bicyclic) bond motifs is 2. The number of phenols is 1. The first-order valence-corrected chi connectivity index (χ1v) is 14.6. The lowest BCUT2D eigenvalue weighted by atomic mass is 9.82. The zero-order chi connectivity index (χ0) is 28.1. The van der Waals surface area contributed by atoms with Gasteiger partial charge in [-0.05, 0) is 54.6 Å². The van der Waals surface area contributed by atoms with Gasteiger partial charge < -0.3 is 10.4 Å². The zero-order valence-electron chi connectivity index (χ0n) is 20.4. The summed E-state index contributed by atoms with van der Waals surface area (Å²) in [6.07, 6.45) is 0.